The molecule has 3 aromatic heterocycles. The molecule has 0 aromatic carbocycles. The number of nitrogens with zero attached hydrogens (tertiary/aromatic N) is 6. The number of nitrogens with one attached hydrogen (secondary N) is 1. The van der Waals surface area contributed by atoms with Crippen molar-refractivity contribution in [3.8, 4) is 11.4 Å². The van der Waals surface area contributed by atoms with Gasteiger partial charge in [0.05, 0.1) is 39.8 Å². The predicted octanol–water partition coefficient (Wildman–Crippen LogP) is 3.84. The molecule has 0 spiro atoms. The molecular weight excluding hydrogens is 490 g/mol. The number of rotatable bonds is 10. The molecule has 2 atom stereocenters. The van der Waals surface area contributed by atoms with Crippen molar-refractivity contribution in [1.29, 1.82) is 0 Å². The van der Waals surface area contributed by atoms with Crippen LogP contribution < -0.4 is 10.2 Å². The summed E-state index contributed by atoms with van der Waals surface area (Å²) < 4.78 is 20.3. The van der Waals surface area contributed by atoms with Crippen molar-refractivity contribution in [2.75, 3.05) is 4.90 Å². The third kappa shape index (κ3) is 5.89. The molecule has 2 N–H and O–H groups in total. The number of carbonyl (C=O) groups excluding carboxylic acids is 1. The average Bonchev–Trinajstić information content (AvgIpc) is 3.74. The maximum absolute atomic E-state index is 13.6. The Balaban J connectivity index is 1.61. The van der Waals surface area contributed by atoms with E-state index in [0.717, 1.165) is 35.4 Å². The van der Waals surface area contributed by atoms with Gasteiger partial charge in [0, 0.05) is 29.9 Å². The Bertz CT molecular complexity index is 1340. The van der Waals surface area contributed by atoms with Gasteiger partial charge in [-0.3, -0.25) is 14.7 Å². The van der Waals surface area contributed by atoms with Crippen molar-refractivity contribution in [2.24, 2.45) is 0 Å². The van der Waals surface area contributed by atoms with Crippen molar-refractivity contribution in [3.63, 3.8) is 0 Å². The van der Waals surface area contributed by atoms with Crippen LogP contribution >= 0.6 is 0 Å². The Morgan fingerprint density at radius 3 is 2.59 bits per heavy atom. The van der Waals surface area contributed by atoms with Gasteiger partial charge in [0.15, 0.2) is 16.9 Å². The lowest BCUT2D eigenvalue weighted by Crippen LogP contribution is -2.43. The molecule has 0 bridgehead atoms. The molecule has 1 fully saturated rings. The van der Waals surface area contributed by atoms with Gasteiger partial charge in [0.1, 0.15) is 12.1 Å². The van der Waals surface area contributed by atoms with Gasteiger partial charge in [-0.15, -0.1) is 0 Å². The lowest BCUT2D eigenvalue weighted by atomic mass is 10.1. The van der Waals surface area contributed by atoms with Crippen LogP contribution in [0.3, 0.4) is 0 Å². The van der Waals surface area contributed by atoms with Crippen LogP contribution in [-0.2, 0) is 22.4 Å². The average molecular weight is 522 g/mol. The second kappa shape index (κ2) is 11.2. The largest absolute Gasteiger partial charge is 0.375 e. The molecule has 3 aromatic rings. The van der Waals surface area contributed by atoms with Gasteiger partial charge in [-0.1, -0.05) is 13.5 Å². The highest BCUT2D eigenvalue weighted by Gasteiger charge is 2.31. The second-order valence-corrected chi connectivity index (χ2v) is 10.2. The number of anilines is 1. The minimum Gasteiger partial charge on any atom is -0.375 e. The first-order valence-corrected chi connectivity index (χ1v) is 13.3. The van der Waals surface area contributed by atoms with Gasteiger partial charge in [-0.05, 0) is 52.2 Å². The van der Waals surface area contributed by atoms with Crippen LogP contribution in [0.2, 0.25) is 0 Å². The van der Waals surface area contributed by atoms with Crippen LogP contribution in [0.15, 0.2) is 48.0 Å². The molecule has 1 saturated carbocycles. The molecule has 1 unspecified atom stereocenters. The number of aryl methyl sites for hydroxylation is 2. The highest BCUT2D eigenvalue weighted by atomic mass is 32.2. The summed E-state index contributed by atoms with van der Waals surface area (Å²) >= 11 is -2.09. The second-order valence-electron chi connectivity index (χ2n) is 9.19. The van der Waals surface area contributed by atoms with E-state index in [0.29, 0.717) is 29.7 Å². The van der Waals surface area contributed by atoms with Crippen molar-refractivity contribution < 1.29 is 13.6 Å². The molecular formula is C26H31N7O3S. The van der Waals surface area contributed by atoms with Crippen LogP contribution in [0.1, 0.15) is 61.7 Å². The number of pyridine rings is 1. The van der Waals surface area contributed by atoms with Crippen molar-refractivity contribution in [3.05, 3.63) is 65.8 Å². The fourth-order valence-corrected chi connectivity index (χ4v) is 4.28. The normalized spacial score (nSPS) is 14.6. The molecule has 194 valence electrons. The van der Waals surface area contributed by atoms with Gasteiger partial charge in [0.25, 0.3) is 5.91 Å². The summed E-state index contributed by atoms with van der Waals surface area (Å²) in [6.45, 7) is 12.0. The Morgan fingerprint density at radius 2 is 1.97 bits per heavy atom. The van der Waals surface area contributed by atoms with Gasteiger partial charge in [0.2, 0.25) is 0 Å². The van der Waals surface area contributed by atoms with Gasteiger partial charge < -0.3 is 9.87 Å². The standard InChI is InChI=1S/C26H31N7O3S/c1-6-16(3)33(26(34)18(5)27-12-20-9-10-21(13-28-20)37(35)36)25-15(2)11-29-24(32-25)22-17(4)30-14-31-23(22)19-7-8-19/h9-11,13-14,16,19,27H,5-8,12H2,1-4H3,(H,35,36)/t16-/m0/s1. The molecule has 11 heteroatoms. The fraction of sp³-hybridized carbons (Fsp3) is 0.385. The van der Waals surface area contributed by atoms with E-state index in [2.05, 4.69) is 31.8 Å². The third-order valence-electron chi connectivity index (χ3n) is 6.42. The first-order valence-electron chi connectivity index (χ1n) is 12.2. The zero-order valence-electron chi connectivity index (χ0n) is 21.4. The number of amides is 1. The summed E-state index contributed by atoms with van der Waals surface area (Å²) in [5.74, 6) is 1.11. The zero-order chi connectivity index (χ0) is 26.7. The number of hydrogen-bond donors (Lipinski definition) is 2. The van der Waals surface area contributed by atoms with E-state index in [1.807, 2.05) is 27.7 Å². The molecule has 3 heterocycles. The van der Waals surface area contributed by atoms with E-state index in [1.165, 1.54) is 12.3 Å². The SMILES string of the molecule is C=C(NCc1ccc(S(=O)O)cn1)C(=O)N(c1nc(-c2c(C)ncnc2C2CC2)ncc1C)[C@@H](C)CC. The summed E-state index contributed by atoms with van der Waals surface area (Å²) in [6, 6.07) is 3.00. The van der Waals surface area contributed by atoms with Crippen LogP contribution in [0.4, 0.5) is 5.82 Å². The highest BCUT2D eigenvalue weighted by molar-refractivity contribution is 7.79. The number of aromatic nitrogens is 5. The fourth-order valence-electron chi connectivity index (χ4n) is 3.96. The van der Waals surface area contributed by atoms with E-state index in [9.17, 15) is 9.00 Å². The smallest absolute Gasteiger partial charge is 0.275 e. The van der Waals surface area contributed by atoms with Gasteiger partial charge >= 0.3 is 0 Å². The molecule has 37 heavy (non-hydrogen) atoms. The van der Waals surface area contributed by atoms with Gasteiger partial charge in [-0.2, -0.15) is 0 Å². The molecule has 0 aliphatic heterocycles. The van der Waals surface area contributed by atoms with Crippen LogP contribution in [0.25, 0.3) is 11.4 Å². The topological polar surface area (TPSA) is 134 Å². The van der Waals surface area contributed by atoms with E-state index in [-0.39, 0.29) is 29.1 Å². The minimum atomic E-state index is -2.09. The monoisotopic (exact) mass is 521 g/mol. The highest BCUT2D eigenvalue weighted by Crippen LogP contribution is 2.43. The predicted molar refractivity (Wildman–Crippen MR) is 141 cm³/mol. The summed E-state index contributed by atoms with van der Waals surface area (Å²) in [4.78, 5) is 38.0. The van der Waals surface area contributed by atoms with Crippen molar-refractivity contribution in [2.45, 2.75) is 70.4 Å². The first-order chi connectivity index (χ1) is 17.7. The third-order valence-corrected chi connectivity index (χ3v) is 7.06. The minimum absolute atomic E-state index is 0.152. The number of hydrogen-bond acceptors (Lipinski definition) is 8. The summed E-state index contributed by atoms with van der Waals surface area (Å²) in [5.41, 5.74) is 4.15. The summed E-state index contributed by atoms with van der Waals surface area (Å²) in [5, 5.41) is 3.03. The Kier molecular flexibility index (Phi) is 8.03. The summed E-state index contributed by atoms with van der Waals surface area (Å²) in [6.07, 6.45) is 7.52. The molecule has 4 rings (SSSR count). The lowest BCUT2D eigenvalue weighted by Gasteiger charge is -2.30. The van der Waals surface area contributed by atoms with E-state index in [4.69, 9.17) is 9.54 Å². The number of carbonyl (C=O) groups is 1. The maximum atomic E-state index is 13.6. The van der Waals surface area contributed by atoms with Gasteiger partial charge in [-0.25, -0.2) is 24.1 Å². The van der Waals surface area contributed by atoms with E-state index >= 15 is 0 Å². The maximum Gasteiger partial charge on any atom is 0.275 e. The molecule has 0 radical (unpaired) electrons. The molecule has 1 aliphatic carbocycles. The Morgan fingerprint density at radius 1 is 1.22 bits per heavy atom. The summed E-state index contributed by atoms with van der Waals surface area (Å²) in [7, 11) is 0. The molecule has 0 saturated heterocycles. The zero-order valence-corrected chi connectivity index (χ0v) is 22.2. The Hall–Kier alpha value is -3.57. The Labute approximate surface area is 219 Å². The lowest BCUT2D eigenvalue weighted by molar-refractivity contribution is -0.116. The van der Waals surface area contributed by atoms with Crippen LogP contribution in [-0.4, -0.2) is 45.6 Å². The molecule has 10 nitrogen and oxygen atoms in total. The molecule has 1 aliphatic rings. The molecule has 1 amide bonds. The van der Waals surface area contributed by atoms with Crippen molar-refractivity contribution in [1.82, 2.24) is 30.2 Å². The quantitative estimate of drug-likeness (QED) is 0.301. The van der Waals surface area contributed by atoms with Crippen LogP contribution in [0, 0.1) is 13.8 Å². The first kappa shape index (κ1) is 26.5. The van der Waals surface area contributed by atoms with Crippen molar-refractivity contribution >= 4 is 22.8 Å². The van der Waals surface area contributed by atoms with Crippen LogP contribution in [0.5, 0.6) is 0 Å². The van der Waals surface area contributed by atoms with E-state index < -0.39 is 11.1 Å². The van der Waals surface area contributed by atoms with E-state index in [1.54, 1.807) is 23.5 Å².